The molecule has 2 aromatic rings. The normalized spacial score (nSPS) is 15.0. The zero-order valence-electron chi connectivity index (χ0n) is 15.0. The number of amides is 1. The lowest BCUT2D eigenvalue weighted by Crippen LogP contribution is -2.55. The Morgan fingerprint density at radius 1 is 1.15 bits per heavy atom. The Balaban J connectivity index is 1.97. The Morgan fingerprint density at radius 3 is 2.26 bits per heavy atom. The number of carboxylic acid groups (broad SMARTS) is 1. The van der Waals surface area contributed by atoms with Crippen LogP contribution in [-0.2, 0) is 17.6 Å². The summed E-state index contributed by atoms with van der Waals surface area (Å²) in [6.45, 7) is 3.68. The number of aliphatic carboxylic acids is 1. The van der Waals surface area contributed by atoms with Gasteiger partial charge in [-0.2, -0.15) is 0 Å². The molecule has 27 heavy (non-hydrogen) atoms. The lowest BCUT2D eigenvalue weighted by Gasteiger charge is -2.26. The van der Waals surface area contributed by atoms with Crippen molar-refractivity contribution < 1.29 is 23.5 Å². The molecule has 0 aromatic heterocycles. The number of allylic oxidation sites excluding steroid dienone is 1. The van der Waals surface area contributed by atoms with Gasteiger partial charge >= 0.3 is 5.97 Å². The molecular formula is C21H19F2NO3. The Morgan fingerprint density at radius 2 is 1.74 bits per heavy atom. The summed E-state index contributed by atoms with van der Waals surface area (Å²) in [6, 6.07) is 7.20. The Hall–Kier alpha value is -3.02. The molecule has 0 unspecified atom stereocenters. The topological polar surface area (TPSA) is 66.4 Å². The van der Waals surface area contributed by atoms with Gasteiger partial charge in [-0.25, -0.2) is 13.6 Å². The number of benzene rings is 2. The highest BCUT2D eigenvalue weighted by molar-refractivity contribution is 6.01. The van der Waals surface area contributed by atoms with Crippen LogP contribution in [0.25, 0.3) is 6.08 Å². The fourth-order valence-electron chi connectivity index (χ4n) is 3.52. The van der Waals surface area contributed by atoms with E-state index >= 15 is 0 Å². The predicted octanol–water partition coefficient (Wildman–Crippen LogP) is 3.66. The monoisotopic (exact) mass is 371 g/mol. The number of aryl methyl sites for hydroxylation is 1. The van der Waals surface area contributed by atoms with E-state index in [1.807, 2.05) is 19.9 Å². The number of hydrogen-bond acceptors (Lipinski definition) is 2. The first-order chi connectivity index (χ1) is 12.8. The molecule has 140 valence electrons. The molecule has 2 N–H and O–H groups in total. The largest absolute Gasteiger partial charge is 0.479 e. The molecule has 0 aliphatic heterocycles. The van der Waals surface area contributed by atoms with E-state index in [-0.39, 0.29) is 12.8 Å². The molecule has 0 saturated heterocycles. The summed E-state index contributed by atoms with van der Waals surface area (Å²) in [7, 11) is 0. The summed E-state index contributed by atoms with van der Waals surface area (Å²) in [5.74, 6) is -3.85. The molecule has 1 aliphatic carbocycles. The zero-order chi connectivity index (χ0) is 19.8. The Kier molecular flexibility index (Phi) is 4.83. The zero-order valence-corrected chi connectivity index (χ0v) is 15.0. The molecule has 6 heteroatoms. The molecule has 0 fully saturated rings. The second-order valence-electron chi connectivity index (χ2n) is 6.77. The van der Waals surface area contributed by atoms with Crippen molar-refractivity contribution in [3.05, 3.63) is 75.9 Å². The molecule has 0 radical (unpaired) electrons. The summed E-state index contributed by atoms with van der Waals surface area (Å²) in [5.41, 5.74) is 1.05. The number of halogens is 2. The van der Waals surface area contributed by atoms with E-state index in [2.05, 4.69) is 5.32 Å². The van der Waals surface area contributed by atoms with Gasteiger partial charge in [0.2, 0.25) is 0 Å². The molecule has 4 nitrogen and oxygen atoms in total. The molecule has 0 spiro atoms. The quantitative estimate of drug-likeness (QED) is 0.862. The average molecular weight is 371 g/mol. The van der Waals surface area contributed by atoms with Crippen LogP contribution in [0.15, 0.2) is 36.4 Å². The summed E-state index contributed by atoms with van der Waals surface area (Å²) < 4.78 is 27.0. The molecule has 0 saturated carbocycles. The van der Waals surface area contributed by atoms with Crippen LogP contribution in [0.4, 0.5) is 8.78 Å². The maximum Gasteiger partial charge on any atom is 0.330 e. The fraction of sp³-hybridized carbons (Fsp3) is 0.238. The highest BCUT2D eigenvalue weighted by Crippen LogP contribution is 2.32. The molecule has 2 aromatic carbocycles. The average Bonchev–Trinajstić information content (AvgIpc) is 2.95. The number of carbonyl (C=O) groups excluding carboxylic acids is 1. The molecule has 3 rings (SSSR count). The van der Waals surface area contributed by atoms with E-state index in [0.29, 0.717) is 22.3 Å². The van der Waals surface area contributed by atoms with Gasteiger partial charge in [-0.3, -0.25) is 4.79 Å². The first kappa shape index (κ1) is 18.8. The highest BCUT2D eigenvalue weighted by atomic mass is 19.2. The third-order valence-corrected chi connectivity index (χ3v) is 4.89. The number of fused-ring (bicyclic) bond motifs is 1. The first-order valence-corrected chi connectivity index (χ1v) is 8.52. The summed E-state index contributed by atoms with van der Waals surface area (Å²) in [6.07, 6.45) is 3.37. The lowest BCUT2D eigenvalue weighted by atomic mass is 9.94. The summed E-state index contributed by atoms with van der Waals surface area (Å²) >= 11 is 0. The second-order valence-corrected chi connectivity index (χ2v) is 6.77. The van der Waals surface area contributed by atoms with Gasteiger partial charge in [0.1, 0.15) is 5.54 Å². The standard InChI is InChI=1S/C21H19F2NO3/c1-3-5-15-12(2)6-4-7-16(15)19(25)24-21(20(26)27)10-13-8-17(22)18(23)9-14(13)11-21/h3-9H,10-11H2,1-2H3,(H,24,25)(H,26,27). The van der Waals surface area contributed by atoms with Crippen LogP contribution in [0.1, 0.15) is 39.5 Å². The van der Waals surface area contributed by atoms with Crippen LogP contribution < -0.4 is 5.32 Å². The highest BCUT2D eigenvalue weighted by Gasteiger charge is 2.46. The number of carbonyl (C=O) groups is 2. The van der Waals surface area contributed by atoms with Crippen LogP contribution >= 0.6 is 0 Å². The maximum atomic E-state index is 13.5. The first-order valence-electron chi connectivity index (χ1n) is 8.52. The SMILES string of the molecule is CC=Cc1c(C)cccc1C(=O)NC1(C(=O)O)Cc2cc(F)c(F)cc2C1. The maximum absolute atomic E-state index is 13.5. The molecule has 1 aliphatic rings. The van der Waals surface area contributed by atoms with Crippen molar-refractivity contribution in [3.63, 3.8) is 0 Å². The number of rotatable bonds is 4. The van der Waals surface area contributed by atoms with Gasteiger partial charge < -0.3 is 10.4 Å². The third kappa shape index (κ3) is 3.35. The molecule has 0 bridgehead atoms. The van der Waals surface area contributed by atoms with Gasteiger partial charge in [-0.15, -0.1) is 0 Å². The van der Waals surface area contributed by atoms with Crippen molar-refractivity contribution in [1.82, 2.24) is 5.32 Å². The van der Waals surface area contributed by atoms with Gasteiger partial charge in [0.05, 0.1) is 0 Å². The van der Waals surface area contributed by atoms with E-state index in [9.17, 15) is 23.5 Å². The fourth-order valence-corrected chi connectivity index (χ4v) is 3.52. The van der Waals surface area contributed by atoms with Crippen molar-refractivity contribution in [3.8, 4) is 0 Å². The van der Waals surface area contributed by atoms with Crippen LogP contribution in [-0.4, -0.2) is 22.5 Å². The van der Waals surface area contributed by atoms with Crippen molar-refractivity contribution in [1.29, 1.82) is 0 Å². The molecule has 1 amide bonds. The number of nitrogens with one attached hydrogen (secondary N) is 1. The molecular weight excluding hydrogens is 352 g/mol. The van der Waals surface area contributed by atoms with Crippen molar-refractivity contribution in [2.75, 3.05) is 0 Å². The van der Waals surface area contributed by atoms with E-state index in [1.54, 1.807) is 24.3 Å². The van der Waals surface area contributed by atoms with Gasteiger partial charge in [0, 0.05) is 18.4 Å². The third-order valence-electron chi connectivity index (χ3n) is 4.89. The van der Waals surface area contributed by atoms with Crippen LogP contribution in [0.5, 0.6) is 0 Å². The second kappa shape index (κ2) is 6.95. The minimum absolute atomic E-state index is 0.106. The van der Waals surface area contributed by atoms with Gasteiger partial charge in [-0.1, -0.05) is 24.3 Å². The summed E-state index contributed by atoms with van der Waals surface area (Å²) in [5, 5.41) is 12.4. The Bertz CT molecular complexity index is 935. The van der Waals surface area contributed by atoms with Gasteiger partial charge in [-0.05, 0) is 54.3 Å². The van der Waals surface area contributed by atoms with E-state index < -0.39 is 29.0 Å². The smallest absolute Gasteiger partial charge is 0.330 e. The summed E-state index contributed by atoms with van der Waals surface area (Å²) in [4.78, 5) is 24.9. The van der Waals surface area contributed by atoms with Crippen LogP contribution in [0, 0.1) is 18.6 Å². The number of carboxylic acids is 1. The molecule has 0 atom stereocenters. The Labute approximate surface area is 155 Å². The van der Waals surface area contributed by atoms with E-state index in [0.717, 1.165) is 17.7 Å². The molecule has 0 heterocycles. The van der Waals surface area contributed by atoms with Gasteiger partial charge in [0.25, 0.3) is 5.91 Å². The van der Waals surface area contributed by atoms with Crippen molar-refractivity contribution >= 4 is 18.0 Å². The number of hydrogen-bond donors (Lipinski definition) is 2. The van der Waals surface area contributed by atoms with E-state index in [1.165, 1.54) is 0 Å². The van der Waals surface area contributed by atoms with Crippen molar-refractivity contribution in [2.24, 2.45) is 0 Å². The lowest BCUT2D eigenvalue weighted by molar-refractivity contribution is -0.144. The van der Waals surface area contributed by atoms with Crippen molar-refractivity contribution in [2.45, 2.75) is 32.2 Å². The van der Waals surface area contributed by atoms with Crippen LogP contribution in [0.3, 0.4) is 0 Å². The minimum atomic E-state index is -1.64. The van der Waals surface area contributed by atoms with E-state index in [4.69, 9.17) is 0 Å². The predicted molar refractivity (Wildman–Crippen MR) is 97.5 cm³/mol. The van der Waals surface area contributed by atoms with Crippen LogP contribution in [0.2, 0.25) is 0 Å². The van der Waals surface area contributed by atoms with Gasteiger partial charge in [0.15, 0.2) is 11.6 Å². The minimum Gasteiger partial charge on any atom is -0.479 e.